The van der Waals surface area contributed by atoms with Gasteiger partial charge >= 0.3 is 0 Å². The van der Waals surface area contributed by atoms with Crippen LogP contribution >= 0.6 is 15.9 Å². The van der Waals surface area contributed by atoms with E-state index >= 15 is 0 Å². The number of para-hydroxylation sites is 2. The number of aryl methyl sites for hydroxylation is 2. The molecule has 1 aliphatic rings. The van der Waals surface area contributed by atoms with E-state index in [4.69, 9.17) is 10.2 Å². The van der Waals surface area contributed by atoms with Gasteiger partial charge in [-0.25, -0.2) is 9.36 Å². The summed E-state index contributed by atoms with van der Waals surface area (Å²) in [6.45, 7) is 5.81. The van der Waals surface area contributed by atoms with Gasteiger partial charge < -0.3 is 4.98 Å². The van der Waals surface area contributed by atoms with E-state index in [-0.39, 0.29) is 11.3 Å². The second-order valence-corrected chi connectivity index (χ2v) is 11.5. The summed E-state index contributed by atoms with van der Waals surface area (Å²) >= 11 is 3.55. The van der Waals surface area contributed by atoms with Crippen LogP contribution in [0, 0.1) is 13.8 Å². The topological polar surface area (TPSA) is 85.6 Å². The lowest BCUT2D eigenvalue weighted by atomic mass is 9.85. The molecule has 1 aliphatic carbocycles. The largest absolute Gasteiger partial charge is 0.306 e. The van der Waals surface area contributed by atoms with Crippen LogP contribution in [0.3, 0.4) is 0 Å². The highest BCUT2D eigenvalue weighted by Gasteiger charge is 2.42. The lowest BCUT2D eigenvalue weighted by Crippen LogP contribution is -2.17. The Hall–Kier alpha value is -4.82. The highest BCUT2D eigenvalue weighted by atomic mass is 79.9. The van der Waals surface area contributed by atoms with Crippen molar-refractivity contribution in [3.63, 3.8) is 0 Å². The number of pyridine rings is 1. The first-order valence-electron chi connectivity index (χ1n) is 13.7. The molecule has 0 aliphatic heterocycles. The van der Waals surface area contributed by atoms with Crippen molar-refractivity contribution in [3.05, 3.63) is 145 Å². The van der Waals surface area contributed by atoms with Crippen LogP contribution in [0.4, 0.5) is 0 Å². The highest BCUT2D eigenvalue weighted by Crippen LogP contribution is 2.47. The number of nitrogens with zero attached hydrogens (tertiary/aromatic N) is 4. The first-order chi connectivity index (χ1) is 20.3. The van der Waals surface area contributed by atoms with E-state index < -0.39 is 11.5 Å². The fraction of sp³-hybridized carbons (Fsp3) is 0.118. The molecule has 3 aromatic heterocycles. The molecule has 206 valence electrons. The Morgan fingerprint density at radius 2 is 1.45 bits per heavy atom. The fourth-order valence-corrected chi connectivity index (χ4v) is 6.37. The van der Waals surface area contributed by atoms with Crippen LogP contribution in [0.25, 0.3) is 28.0 Å². The van der Waals surface area contributed by atoms with Crippen molar-refractivity contribution in [2.75, 3.05) is 0 Å². The number of nitrogens with one attached hydrogen (secondary N) is 1. The molecule has 1 N–H and O–H groups in total. The summed E-state index contributed by atoms with van der Waals surface area (Å²) in [6, 6.07) is 29.5. The van der Waals surface area contributed by atoms with Crippen molar-refractivity contribution >= 4 is 38.3 Å². The molecule has 6 aromatic rings. The van der Waals surface area contributed by atoms with Crippen LogP contribution in [0.5, 0.6) is 0 Å². The Morgan fingerprint density at radius 1 is 0.833 bits per heavy atom. The van der Waals surface area contributed by atoms with E-state index in [9.17, 15) is 9.59 Å². The number of aromatic amines is 1. The quantitative estimate of drug-likeness (QED) is 0.215. The van der Waals surface area contributed by atoms with Crippen molar-refractivity contribution < 1.29 is 4.79 Å². The number of Topliss-reactive ketones (excluding diaryl/α,β-unsaturated/α-hetero) is 1. The van der Waals surface area contributed by atoms with Gasteiger partial charge in [0.25, 0.3) is 5.56 Å². The zero-order chi connectivity index (χ0) is 29.1. The number of hydrogen-bond donors (Lipinski definition) is 1. The molecule has 3 heterocycles. The lowest BCUT2D eigenvalue weighted by Gasteiger charge is -2.18. The molecular formula is C34H26BrN5O2. The number of fused-ring (bicyclic) bond motifs is 3. The Kier molecular flexibility index (Phi) is 6.17. The average Bonchev–Trinajstić information content (AvgIpc) is 3.65. The predicted octanol–water partition coefficient (Wildman–Crippen LogP) is 7.08. The second kappa shape index (κ2) is 9.92. The van der Waals surface area contributed by atoms with E-state index in [1.807, 2.05) is 116 Å². The van der Waals surface area contributed by atoms with E-state index in [1.54, 1.807) is 4.68 Å². The third-order valence-electron chi connectivity index (χ3n) is 7.93. The van der Waals surface area contributed by atoms with Crippen LogP contribution in [0.2, 0.25) is 0 Å². The molecule has 1 unspecified atom stereocenters. The van der Waals surface area contributed by atoms with E-state index in [0.717, 1.165) is 49.5 Å². The number of hydrogen-bond acceptors (Lipinski definition) is 4. The summed E-state index contributed by atoms with van der Waals surface area (Å²) in [7, 11) is 0. The van der Waals surface area contributed by atoms with Crippen molar-refractivity contribution in [2.24, 2.45) is 0 Å². The van der Waals surface area contributed by atoms with Crippen molar-refractivity contribution in [1.82, 2.24) is 24.5 Å². The molecule has 7 nitrogen and oxygen atoms in total. The Labute approximate surface area is 250 Å². The molecule has 1 atom stereocenters. The highest BCUT2D eigenvalue weighted by molar-refractivity contribution is 9.10. The minimum absolute atomic E-state index is 0.169. The first-order valence-corrected chi connectivity index (χ1v) is 14.5. The summed E-state index contributed by atoms with van der Waals surface area (Å²) in [6.07, 6.45) is 0. The SMILES string of the molecule is C/C(=C1/C(=O)c2c(c3c(C)nn(-c4ccccc4)c3[nH]c2=O)C1c1ccc(Br)cc1)c1cc(C)nn1-c1ccccc1. The Bertz CT molecular complexity index is 2100. The molecule has 8 heteroatoms. The summed E-state index contributed by atoms with van der Waals surface area (Å²) in [5.74, 6) is -0.749. The third-order valence-corrected chi connectivity index (χ3v) is 8.46. The molecular weight excluding hydrogens is 590 g/mol. The van der Waals surface area contributed by atoms with Crippen molar-refractivity contribution in [3.8, 4) is 11.4 Å². The molecule has 0 amide bonds. The predicted molar refractivity (Wildman–Crippen MR) is 168 cm³/mol. The minimum atomic E-state index is -0.475. The van der Waals surface area contributed by atoms with Gasteiger partial charge in [-0.2, -0.15) is 10.2 Å². The minimum Gasteiger partial charge on any atom is -0.306 e. The molecule has 0 radical (unpaired) electrons. The fourth-order valence-electron chi connectivity index (χ4n) is 6.11. The molecule has 0 bridgehead atoms. The lowest BCUT2D eigenvalue weighted by molar-refractivity contribution is 0.103. The van der Waals surface area contributed by atoms with Crippen LogP contribution in [-0.4, -0.2) is 30.3 Å². The summed E-state index contributed by atoms with van der Waals surface area (Å²) < 4.78 is 4.54. The molecule has 0 saturated heterocycles. The number of carbonyl (C=O) groups excluding carboxylic acids is 1. The van der Waals surface area contributed by atoms with Crippen LogP contribution in [0.1, 0.15) is 51.4 Å². The summed E-state index contributed by atoms with van der Waals surface area (Å²) in [5, 5.41) is 10.4. The Morgan fingerprint density at radius 3 is 2.10 bits per heavy atom. The summed E-state index contributed by atoms with van der Waals surface area (Å²) in [4.78, 5) is 31.2. The number of rotatable bonds is 4. The number of H-pyrrole nitrogens is 1. The zero-order valence-corrected chi connectivity index (χ0v) is 24.8. The summed E-state index contributed by atoms with van der Waals surface area (Å²) in [5.41, 5.74) is 7.36. The van der Waals surface area contributed by atoms with Crippen molar-refractivity contribution in [2.45, 2.75) is 26.7 Å². The van der Waals surface area contributed by atoms with E-state index in [0.29, 0.717) is 16.8 Å². The molecule has 0 fully saturated rings. The molecule has 0 spiro atoms. The van der Waals surface area contributed by atoms with Gasteiger partial charge in [-0.3, -0.25) is 9.59 Å². The number of benzene rings is 3. The van der Waals surface area contributed by atoms with E-state index in [1.165, 1.54) is 0 Å². The number of aromatic nitrogens is 5. The van der Waals surface area contributed by atoms with Gasteiger partial charge in [0.15, 0.2) is 5.78 Å². The maximum absolute atomic E-state index is 14.4. The molecule has 3 aromatic carbocycles. The normalized spacial score (nSPS) is 15.8. The number of halogens is 1. The molecule has 42 heavy (non-hydrogen) atoms. The Balaban J connectivity index is 1.55. The smallest absolute Gasteiger partial charge is 0.261 e. The standard InChI is InChI=1S/C34H26BrN5O2/c1-19-18-26(39(37-19)24-10-6-4-7-11-24)20(2)27-29(22-14-16-23(35)17-15-22)30-28-21(3)38-40(25-12-8-5-9-13-25)33(28)36-34(42)31(30)32(27)41/h4-18,29H,1-3H3,(H,36,42)/b27-20-. The van der Waals surface area contributed by atoms with Crippen molar-refractivity contribution in [1.29, 1.82) is 0 Å². The van der Waals surface area contributed by atoms with Crippen LogP contribution < -0.4 is 5.56 Å². The van der Waals surface area contributed by atoms with Gasteiger partial charge in [0.2, 0.25) is 0 Å². The van der Waals surface area contributed by atoms with Gasteiger partial charge in [0.1, 0.15) is 5.65 Å². The average molecular weight is 617 g/mol. The number of allylic oxidation sites excluding steroid dienone is 2. The first kappa shape index (κ1) is 26.1. The monoisotopic (exact) mass is 615 g/mol. The third kappa shape index (κ3) is 4.01. The van der Waals surface area contributed by atoms with Gasteiger partial charge in [0.05, 0.1) is 34.0 Å². The maximum atomic E-state index is 14.4. The molecule has 0 saturated carbocycles. The van der Waals surface area contributed by atoms with Gasteiger partial charge in [-0.1, -0.05) is 64.5 Å². The van der Waals surface area contributed by atoms with Crippen LogP contribution in [-0.2, 0) is 0 Å². The van der Waals surface area contributed by atoms with Gasteiger partial charge in [0, 0.05) is 21.3 Å². The van der Waals surface area contributed by atoms with Gasteiger partial charge in [-0.05, 0) is 79.9 Å². The van der Waals surface area contributed by atoms with Crippen LogP contribution in [0.15, 0.2) is 106 Å². The van der Waals surface area contributed by atoms with E-state index in [2.05, 4.69) is 20.9 Å². The molecule has 7 rings (SSSR count). The second-order valence-electron chi connectivity index (χ2n) is 10.6. The maximum Gasteiger partial charge on any atom is 0.261 e. The van der Waals surface area contributed by atoms with Gasteiger partial charge in [-0.15, -0.1) is 0 Å². The zero-order valence-electron chi connectivity index (χ0n) is 23.2. The number of ketones is 1. The number of carbonyl (C=O) groups is 1.